The van der Waals surface area contributed by atoms with Gasteiger partial charge in [0.2, 0.25) is 0 Å². The van der Waals surface area contributed by atoms with Crippen molar-refractivity contribution < 1.29 is 4.39 Å². The van der Waals surface area contributed by atoms with Gasteiger partial charge < -0.3 is 0 Å². The molecule has 0 nitrogen and oxygen atoms in total. The summed E-state index contributed by atoms with van der Waals surface area (Å²) < 4.78 is 13.1. The van der Waals surface area contributed by atoms with E-state index in [1.165, 1.54) is 0 Å². The van der Waals surface area contributed by atoms with Gasteiger partial charge in [-0.05, 0) is 24.2 Å². The molecule has 0 amide bonds. The zero-order valence-corrected chi connectivity index (χ0v) is 8.39. The number of halogens is 1. The Bertz CT molecular complexity index is 85.0. The molecule has 0 aromatic carbocycles. The zero-order chi connectivity index (χ0) is 9.02. The molecule has 0 aromatic rings. The molecular weight excluding hydrogens is 139 g/mol. The van der Waals surface area contributed by atoms with Gasteiger partial charge in [-0.3, -0.25) is 0 Å². The largest absolute Gasteiger partial charge is 0.247 e. The summed E-state index contributed by atoms with van der Waals surface area (Å²) in [5.74, 6) is 1.29. The average molecular weight is 160 g/mol. The second-order valence-electron chi connectivity index (χ2n) is 4.22. The Kier molecular flexibility index (Phi) is 4.71. The SMILES string of the molecule is CC(C)C(C)CC(F)C(C)C. The topological polar surface area (TPSA) is 0 Å². The highest BCUT2D eigenvalue weighted by molar-refractivity contribution is 4.66. The molecule has 1 heteroatoms. The molecule has 0 bridgehead atoms. The summed E-state index contributed by atoms with van der Waals surface area (Å²) in [5.41, 5.74) is 0. The normalized spacial score (nSPS) is 17.5. The summed E-state index contributed by atoms with van der Waals surface area (Å²) >= 11 is 0. The first-order chi connectivity index (χ1) is 4.95. The van der Waals surface area contributed by atoms with E-state index in [1.54, 1.807) is 0 Å². The van der Waals surface area contributed by atoms with Gasteiger partial charge in [-0.2, -0.15) is 0 Å². The van der Waals surface area contributed by atoms with Crippen LogP contribution in [0.4, 0.5) is 4.39 Å². The first kappa shape index (κ1) is 10.9. The highest BCUT2D eigenvalue weighted by Gasteiger charge is 2.17. The van der Waals surface area contributed by atoms with Gasteiger partial charge in [-0.1, -0.05) is 34.6 Å². The lowest BCUT2D eigenvalue weighted by molar-refractivity contribution is 0.193. The summed E-state index contributed by atoms with van der Waals surface area (Å²) in [5, 5.41) is 0. The molecule has 0 aliphatic rings. The van der Waals surface area contributed by atoms with Gasteiger partial charge >= 0.3 is 0 Å². The van der Waals surface area contributed by atoms with Gasteiger partial charge in [0.15, 0.2) is 0 Å². The molecular formula is C10H21F. The molecule has 0 fully saturated rings. The first-order valence-corrected chi connectivity index (χ1v) is 4.59. The van der Waals surface area contributed by atoms with E-state index in [2.05, 4.69) is 20.8 Å². The molecule has 0 aliphatic heterocycles. The second kappa shape index (κ2) is 4.74. The van der Waals surface area contributed by atoms with Crippen LogP contribution in [0.15, 0.2) is 0 Å². The van der Waals surface area contributed by atoms with Crippen LogP contribution in [0.3, 0.4) is 0 Å². The van der Waals surface area contributed by atoms with E-state index in [0.717, 1.165) is 6.42 Å². The van der Waals surface area contributed by atoms with Crippen molar-refractivity contribution in [3.63, 3.8) is 0 Å². The maximum absolute atomic E-state index is 13.1. The molecule has 0 radical (unpaired) electrons. The molecule has 0 N–H and O–H groups in total. The van der Waals surface area contributed by atoms with E-state index in [0.29, 0.717) is 11.8 Å². The minimum atomic E-state index is -0.618. The zero-order valence-electron chi connectivity index (χ0n) is 8.39. The predicted octanol–water partition coefficient (Wildman–Crippen LogP) is 3.66. The van der Waals surface area contributed by atoms with Crippen LogP contribution in [0.1, 0.15) is 41.0 Å². The molecule has 68 valence electrons. The van der Waals surface area contributed by atoms with E-state index in [9.17, 15) is 4.39 Å². The van der Waals surface area contributed by atoms with E-state index in [4.69, 9.17) is 0 Å². The van der Waals surface area contributed by atoms with Crippen molar-refractivity contribution in [1.82, 2.24) is 0 Å². The van der Waals surface area contributed by atoms with Gasteiger partial charge in [0.05, 0.1) is 0 Å². The molecule has 2 unspecified atom stereocenters. The van der Waals surface area contributed by atoms with Gasteiger partial charge in [0, 0.05) is 0 Å². The van der Waals surface area contributed by atoms with Gasteiger partial charge in [0.1, 0.15) is 6.17 Å². The molecule has 0 spiro atoms. The van der Waals surface area contributed by atoms with Crippen molar-refractivity contribution in [3.05, 3.63) is 0 Å². The number of rotatable bonds is 4. The third-order valence-corrected chi connectivity index (χ3v) is 2.46. The Labute approximate surface area is 70.2 Å². The van der Waals surface area contributed by atoms with E-state index >= 15 is 0 Å². The summed E-state index contributed by atoms with van der Waals surface area (Å²) in [6, 6.07) is 0. The minimum Gasteiger partial charge on any atom is -0.247 e. The van der Waals surface area contributed by atoms with E-state index in [-0.39, 0.29) is 5.92 Å². The van der Waals surface area contributed by atoms with Crippen molar-refractivity contribution in [2.45, 2.75) is 47.2 Å². The Morgan fingerprint density at radius 1 is 0.909 bits per heavy atom. The Hall–Kier alpha value is -0.0700. The Balaban J connectivity index is 3.66. The molecule has 11 heavy (non-hydrogen) atoms. The van der Waals surface area contributed by atoms with Crippen molar-refractivity contribution in [2.24, 2.45) is 17.8 Å². The van der Waals surface area contributed by atoms with Crippen LogP contribution in [-0.4, -0.2) is 6.17 Å². The van der Waals surface area contributed by atoms with Crippen LogP contribution in [0.25, 0.3) is 0 Å². The molecule has 0 rings (SSSR count). The molecule has 0 saturated carbocycles. The predicted molar refractivity (Wildman–Crippen MR) is 48.4 cm³/mol. The smallest absolute Gasteiger partial charge is 0.103 e. The highest BCUT2D eigenvalue weighted by atomic mass is 19.1. The lowest BCUT2D eigenvalue weighted by atomic mass is 9.89. The average Bonchev–Trinajstić information content (AvgIpc) is 1.87. The van der Waals surface area contributed by atoms with Crippen LogP contribution < -0.4 is 0 Å². The Morgan fingerprint density at radius 2 is 1.36 bits per heavy atom. The number of alkyl halides is 1. The van der Waals surface area contributed by atoms with Crippen molar-refractivity contribution >= 4 is 0 Å². The fourth-order valence-electron chi connectivity index (χ4n) is 0.900. The van der Waals surface area contributed by atoms with Gasteiger partial charge in [0.25, 0.3) is 0 Å². The fourth-order valence-corrected chi connectivity index (χ4v) is 0.900. The minimum absolute atomic E-state index is 0.177. The van der Waals surface area contributed by atoms with Gasteiger partial charge in [-0.15, -0.1) is 0 Å². The van der Waals surface area contributed by atoms with Crippen molar-refractivity contribution in [1.29, 1.82) is 0 Å². The van der Waals surface area contributed by atoms with Crippen molar-refractivity contribution in [2.75, 3.05) is 0 Å². The first-order valence-electron chi connectivity index (χ1n) is 4.59. The monoisotopic (exact) mass is 160 g/mol. The summed E-state index contributed by atoms with van der Waals surface area (Å²) in [7, 11) is 0. The molecule has 0 heterocycles. The third-order valence-electron chi connectivity index (χ3n) is 2.46. The van der Waals surface area contributed by atoms with Crippen LogP contribution in [0.2, 0.25) is 0 Å². The number of hydrogen-bond acceptors (Lipinski definition) is 0. The van der Waals surface area contributed by atoms with Crippen molar-refractivity contribution in [3.8, 4) is 0 Å². The van der Waals surface area contributed by atoms with Crippen LogP contribution in [0.5, 0.6) is 0 Å². The molecule has 0 aromatic heterocycles. The molecule has 0 saturated heterocycles. The van der Waals surface area contributed by atoms with Crippen LogP contribution >= 0.6 is 0 Å². The Morgan fingerprint density at radius 3 is 1.64 bits per heavy atom. The second-order valence-corrected chi connectivity index (χ2v) is 4.22. The quantitative estimate of drug-likeness (QED) is 0.588. The summed E-state index contributed by atoms with van der Waals surface area (Å²) in [6.07, 6.45) is 0.0994. The standard InChI is InChI=1S/C10H21F/c1-7(2)9(5)6-10(11)8(3)4/h7-10H,6H2,1-5H3. The summed E-state index contributed by atoms with van der Waals surface area (Å²) in [4.78, 5) is 0. The maximum atomic E-state index is 13.1. The van der Waals surface area contributed by atoms with E-state index in [1.807, 2.05) is 13.8 Å². The maximum Gasteiger partial charge on any atom is 0.103 e. The van der Waals surface area contributed by atoms with Crippen LogP contribution in [0, 0.1) is 17.8 Å². The fraction of sp³-hybridized carbons (Fsp3) is 1.00. The molecule has 0 aliphatic carbocycles. The highest BCUT2D eigenvalue weighted by Crippen LogP contribution is 2.21. The lowest BCUT2D eigenvalue weighted by Gasteiger charge is -2.19. The third kappa shape index (κ3) is 4.39. The van der Waals surface area contributed by atoms with Gasteiger partial charge in [-0.25, -0.2) is 4.39 Å². The summed E-state index contributed by atoms with van der Waals surface area (Å²) in [6.45, 7) is 10.3. The number of hydrogen-bond donors (Lipinski definition) is 0. The van der Waals surface area contributed by atoms with Crippen LogP contribution in [-0.2, 0) is 0 Å². The molecule has 2 atom stereocenters. The van der Waals surface area contributed by atoms with E-state index < -0.39 is 6.17 Å². The lowest BCUT2D eigenvalue weighted by Crippen LogP contribution is -2.16.